The average molecular weight is 257 g/mol. The van der Waals surface area contributed by atoms with Gasteiger partial charge in [0.25, 0.3) is 0 Å². The van der Waals surface area contributed by atoms with Gasteiger partial charge in [-0.05, 0) is 30.7 Å². The molecule has 0 radical (unpaired) electrons. The Kier molecular flexibility index (Phi) is 2.60. The van der Waals surface area contributed by atoms with E-state index in [0.29, 0.717) is 5.82 Å². The Hall–Kier alpha value is -2.14. The van der Waals surface area contributed by atoms with E-state index in [1.165, 1.54) is 16.8 Å². The number of hydrogen-bond acceptors (Lipinski definition) is 5. The van der Waals surface area contributed by atoms with Gasteiger partial charge in [0.15, 0.2) is 12.2 Å². The highest BCUT2D eigenvalue weighted by atomic mass is 32.1. The van der Waals surface area contributed by atoms with Crippen LogP contribution >= 0.6 is 11.3 Å². The average Bonchev–Trinajstić information content (AvgIpc) is 2.99. The summed E-state index contributed by atoms with van der Waals surface area (Å²) in [5.41, 5.74) is 7.85. The number of oxazole rings is 1. The van der Waals surface area contributed by atoms with Crippen molar-refractivity contribution in [3.8, 4) is 21.1 Å². The fourth-order valence-electron chi connectivity index (χ4n) is 1.77. The quantitative estimate of drug-likeness (QED) is 0.764. The van der Waals surface area contributed by atoms with E-state index in [1.807, 2.05) is 12.1 Å². The standard InChI is InChI=1S/C13H11N3OS/c1-8-4-11(10-6-15-7-17-10)18-13(8)9-2-3-12(14)16-5-9/h2-7H,1H3,(H2,14,16). The molecule has 0 fully saturated rings. The number of thiophene rings is 1. The lowest BCUT2D eigenvalue weighted by Crippen LogP contribution is -1.88. The van der Waals surface area contributed by atoms with E-state index in [0.717, 1.165) is 16.2 Å². The molecule has 3 heterocycles. The van der Waals surface area contributed by atoms with Crippen LogP contribution in [0.3, 0.4) is 0 Å². The summed E-state index contributed by atoms with van der Waals surface area (Å²) in [5.74, 6) is 1.32. The Morgan fingerprint density at radius 1 is 1.28 bits per heavy atom. The van der Waals surface area contributed by atoms with E-state index in [-0.39, 0.29) is 0 Å². The van der Waals surface area contributed by atoms with Crippen molar-refractivity contribution in [2.45, 2.75) is 6.92 Å². The van der Waals surface area contributed by atoms with Gasteiger partial charge in [-0.3, -0.25) is 0 Å². The smallest absolute Gasteiger partial charge is 0.181 e. The first-order chi connectivity index (χ1) is 8.74. The van der Waals surface area contributed by atoms with Crippen LogP contribution in [0.25, 0.3) is 21.1 Å². The highest BCUT2D eigenvalue weighted by Gasteiger charge is 2.11. The molecular formula is C13H11N3OS. The van der Waals surface area contributed by atoms with Gasteiger partial charge in [0, 0.05) is 16.6 Å². The zero-order valence-corrected chi connectivity index (χ0v) is 10.6. The normalized spacial score (nSPS) is 10.7. The van der Waals surface area contributed by atoms with Gasteiger partial charge in [0.1, 0.15) is 5.82 Å². The zero-order chi connectivity index (χ0) is 12.5. The second-order valence-corrected chi connectivity index (χ2v) is 5.01. The lowest BCUT2D eigenvalue weighted by molar-refractivity contribution is 0.573. The van der Waals surface area contributed by atoms with Gasteiger partial charge in [-0.1, -0.05) is 0 Å². The van der Waals surface area contributed by atoms with Crippen molar-refractivity contribution in [1.29, 1.82) is 0 Å². The van der Waals surface area contributed by atoms with Gasteiger partial charge < -0.3 is 10.2 Å². The molecule has 0 aliphatic carbocycles. The number of hydrogen-bond donors (Lipinski definition) is 1. The zero-order valence-electron chi connectivity index (χ0n) is 9.75. The largest absolute Gasteiger partial charge is 0.443 e. The second-order valence-electron chi connectivity index (χ2n) is 3.96. The van der Waals surface area contributed by atoms with Crippen molar-refractivity contribution in [2.75, 3.05) is 5.73 Å². The van der Waals surface area contributed by atoms with Crippen molar-refractivity contribution in [2.24, 2.45) is 0 Å². The van der Waals surface area contributed by atoms with Crippen LogP contribution < -0.4 is 5.73 Å². The van der Waals surface area contributed by atoms with E-state index in [9.17, 15) is 0 Å². The number of aryl methyl sites for hydroxylation is 1. The van der Waals surface area contributed by atoms with E-state index < -0.39 is 0 Å². The van der Waals surface area contributed by atoms with Crippen molar-refractivity contribution in [1.82, 2.24) is 9.97 Å². The monoisotopic (exact) mass is 257 g/mol. The second kappa shape index (κ2) is 4.27. The van der Waals surface area contributed by atoms with Gasteiger partial charge in [-0.15, -0.1) is 11.3 Å². The highest BCUT2D eigenvalue weighted by Crippen LogP contribution is 2.37. The number of nitrogens with zero attached hydrogens (tertiary/aromatic N) is 2. The van der Waals surface area contributed by atoms with E-state index in [1.54, 1.807) is 23.7 Å². The molecule has 0 bridgehead atoms. The summed E-state index contributed by atoms with van der Waals surface area (Å²) in [6, 6.07) is 5.88. The van der Waals surface area contributed by atoms with Crippen LogP contribution in [-0.4, -0.2) is 9.97 Å². The first kappa shape index (κ1) is 11.0. The van der Waals surface area contributed by atoms with E-state index in [4.69, 9.17) is 10.2 Å². The van der Waals surface area contributed by atoms with Crippen LogP contribution in [0.4, 0.5) is 5.82 Å². The maximum atomic E-state index is 5.59. The molecular weight excluding hydrogens is 246 g/mol. The lowest BCUT2D eigenvalue weighted by atomic mass is 10.1. The molecule has 3 rings (SSSR count). The van der Waals surface area contributed by atoms with Crippen molar-refractivity contribution in [3.63, 3.8) is 0 Å². The molecule has 0 aliphatic heterocycles. The summed E-state index contributed by atoms with van der Waals surface area (Å²) in [7, 11) is 0. The number of nitrogen functional groups attached to an aromatic ring is 1. The fourth-order valence-corrected chi connectivity index (χ4v) is 2.88. The molecule has 18 heavy (non-hydrogen) atoms. The summed E-state index contributed by atoms with van der Waals surface area (Å²) < 4.78 is 5.31. The molecule has 0 aliphatic rings. The SMILES string of the molecule is Cc1cc(-c2cnco2)sc1-c1ccc(N)nc1. The third-order valence-electron chi connectivity index (χ3n) is 2.64. The van der Waals surface area contributed by atoms with Crippen molar-refractivity contribution < 1.29 is 4.42 Å². The third-order valence-corrected chi connectivity index (χ3v) is 3.94. The molecule has 2 N–H and O–H groups in total. The molecule has 4 nitrogen and oxygen atoms in total. The maximum absolute atomic E-state index is 5.59. The van der Waals surface area contributed by atoms with Crippen LogP contribution in [0.15, 0.2) is 41.4 Å². The molecule has 0 aromatic carbocycles. The fraction of sp³-hybridized carbons (Fsp3) is 0.0769. The summed E-state index contributed by atoms with van der Waals surface area (Å²) in [4.78, 5) is 10.3. The lowest BCUT2D eigenvalue weighted by Gasteiger charge is -1.99. The molecule has 0 atom stereocenters. The van der Waals surface area contributed by atoms with Crippen molar-refractivity contribution in [3.05, 3.63) is 42.5 Å². The summed E-state index contributed by atoms with van der Waals surface area (Å²) in [6.07, 6.45) is 4.95. The molecule has 0 saturated carbocycles. The van der Waals surface area contributed by atoms with Gasteiger partial charge in [-0.2, -0.15) is 0 Å². The molecule has 3 aromatic heterocycles. The highest BCUT2D eigenvalue weighted by molar-refractivity contribution is 7.19. The Labute approximate surface area is 108 Å². The topological polar surface area (TPSA) is 64.9 Å². The molecule has 0 unspecified atom stereocenters. The number of rotatable bonds is 2. The summed E-state index contributed by atoms with van der Waals surface area (Å²) >= 11 is 1.66. The minimum absolute atomic E-state index is 0.531. The Morgan fingerprint density at radius 2 is 2.17 bits per heavy atom. The number of nitrogens with two attached hydrogens (primary N) is 1. The molecule has 90 valence electrons. The predicted octanol–water partition coefficient (Wildman–Crippen LogP) is 3.36. The van der Waals surface area contributed by atoms with E-state index in [2.05, 4.69) is 23.0 Å². The predicted molar refractivity (Wildman–Crippen MR) is 72.2 cm³/mol. The molecule has 0 amide bonds. The van der Waals surface area contributed by atoms with Gasteiger partial charge >= 0.3 is 0 Å². The molecule has 0 saturated heterocycles. The number of aromatic nitrogens is 2. The van der Waals surface area contributed by atoms with Gasteiger partial charge in [-0.25, -0.2) is 9.97 Å². The van der Waals surface area contributed by atoms with Crippen LogP contribution in [0.1, 0.15) is 5.56 Å². The van der Waals surface area contributed by atoms with Crippen LogP contribution in [0.2, 0.25) is 0 Å². The van der Waals surface area contributed by atoms with Crippen molar-refractivity contribution >= 4 is 17.2 Å². The minimum atomic E-state index is 0.531. The van der Waals surface area contributed by atoms with E-state index >= 15 is 0 Å². The maximum Gasteiger partial charge on any atom is 0.181 e. The van der Waals surface area contributed by atoms with Gasteiger partial charge in [0.2, 0.25) is 0 Å². The minimum Gasteiger partial charge on any atom is -0.443 e. The third kappa shape index (κ3) is 1.89. The van der Waals surface area contributed by atoms with Gasteiger partial charge in [0.05, 0.1) is 11.1 Å². The Bertz CT molecular complexity index is 656. The number of pyridine rings is 1. The summed E-state index contributed by atoms with van der Waals surface area (Å²) in [5, 5.41) is 0. The molecule has 0 spiro atoms. The summed E-state index contributed by atoms with van der Waals surface area (Å²) in [6.45, 7) is 2.07. The first-order valence-electron chi connectivity index (χ1n) is 5.45. The molecule has 5 heteroatoms. The Morgan fingerprint density at radius 3 is 2.83 bits per heavy atom. The first-order valence-corrected chi connectivity index (χ1v) is 6.27. The van der Waals surface area contributed by atoms with Crippen LogP contribution in [0, 0.1) is 6.92 Å². The molecule has 3 aromatic rings. The number of anilines is 1. The Balaban J connectivity index is 2.06. The van der Waals surface area contributed by atoms with Crippen LogP contribution in [0.5, 0.6) is 0 Å². The van der Waals surface area contributed by atoms with Crippen LogP contribution in [-0.2, 0) is 0 Å².